The number of carbonyl (C=O) groups excluding carboxylic acids is 2. The third-order valence-electron chi connectivity index (χ3n) is 6.69. The van der Waals surface area contributed by atoms with Gasteiger partial charge >= 0.3 is 51.4 Å². The number of anilines is 1. The van der Waals surface area contributed by atoms with Gasteiger partial charge in [-0.15, -0.1) is 0 Å². The number of amides is 1. The van der Waals surface area contributed by atoms with E-state index in [2.05, 4.69) is 41.8 Å². The minimum Gasteiger partial charge on any atom is -0.870 e. The van der Waals surface area contributed by atoms with Crippen LogP contribution in [0.1, 0.15) is 28.1 Å². The molecule has 2 aromatic heterocycles. The summed E-state index contributed by atoms with van der Waals surface area (Å²) in [6, 6.07) is 34.3. The Morgan fingerprint density at radius 1 is 0.702 bits per heavy atom. The summed E-state index contributed by atoms with van der Waals surface area (Å²) < 4.78 is 1.98. The Kier molecular flexibility index (Phi) is 15.9. The zero-order valence-corrected chi connectivity index (χ0v) is 30.9. The molecule has 0 radical (unpaired) electrons. The molecule has 0 bridgehead atoms. The normalized spacial score (nSPS) is 9.74. The Labute approximate surface area is 332 Å². The van der Waals surface area contributed by atoms with E-state index in [1.165, 1.54) is 0 Å². The van der Waals surface area contributed by atoms with Crippen LogP contribution in [0.4, 0.5) is 5.69 Å². The van der Waals surface area contributed by atoms with Crippen LogP contribution in [0.3, 0.4) is 0 Å². The quantitative estimate of drug-likeness (QED) is 0.0987. The molecule has 47 heavy (non-hydrogen) atoms. The first kappa shape index (κ1) is 39.8. The number of nitrogens with zero attached hydrogens (tertiary/aromatic N) is 3. The maximum atomic E-state index is 10.6. The molecule has 1 amide bonds. The van der Waals surface area contributed by atoms with E-state index in [0.29, 0.717) is 22.6 Å². The zero-order chi connectivity index (χ0) is 31.1. The van der Waals surface area contributed by atoms with E-state index in [1.807, 2.05) is 85.1 Å². The number of rotatable bonds is 3. The summed E-state index contributed by atoms with van der Waals surface area (Å²) >= 11 is 6.68. The number of aromatic nitrogens is 3. The zero-order valence-electron chi connectivity index (χ0n) is 24.6. The molecule has 7 aromatic rings. The van der Waals surface area contributed by atoms with Crippen molar-refractivity contribution in [2.24, 2.45) is 5.73 Å². The molecule has 7 rings (SSSR count). The molecule has 0 aliphatic heterocycles. The Morgan fingerprint density at radius 2 is 1.30 bits per heavy atom. The van der Waals surface area contributed by atoms with Gasteiger partial charge in [0.25, 0.3) is 0 Å². The van der Waals surface area contributed by atoms with E-state index < -0.39 is 5.91 Å². The molecule has 0 saturated heterocycles. The molecule has 0 aliphatic rings. The topological polar surface area (TPSA) is 155 Å². The summed E-state index contributed by atoms with van der Waals surface area (Å²) in [5.74, 6) is 0.320. The van der Waals surface area contributed by atoms with Gasteiger partial charge < -0.3 is 16.9 Å². The average molecular weight is 780 g/mol. The molecule has 5 aromatic carbocycles. The Morgan fingerprint density at radius 3 is 1.96 bits per heavy atom. The van der Waals surface area contributed by atoms with Gasteiger partial charge in [-0.05, 0) is 53.9 Å². The largest absolute Gasteiger partial charge is 1.00 e. The predicted molar refractivity (Wildman–Crippen MR) is 193 cm³/mol. The van der Waals surface area contributed by atoms with Crippen molar-refractivity contribution in [2.75, 3.05) is 5.73 Å². The van der Waals surface area contributed by atoms with E-state index in [9.17, 15) is 9.59 Å². The second-order valence-corrected chi connectivity index (χ2v) is 11.4. The molecule has 0 spiro atoms. The monoisotopic (exact) mass is 777 g/mol. The van der Waals surface area contributed by atoms with Crippen molar-refractivity contribution in [1.29, 1.82) is 0 Å². The number of fused-ring (bicyclic) bond motifs is 4. The molecule has 0 unspecified atom stereocenters. The molecule has 232 valence electrons. The fourth-order valence-corrected chi connectivity index (χ4v) is 4.93. The maximum Gasteiger partial charge on any atom is 1.00 e. The Bertz CT molecular complexity index is 2110. The summed E-state index contributed by atoms with van der Waals surface area (Å²) in [6.07, 6.45) is 4.43. The first-order valence-corrected chi connectivity index (χ1v) is 15.0. The third-order valence-corrected chi connectivity index (χ3v) is 7.74. The van der Waals surface area contributed by atoms with Crippen molar-refractivity contribution in [2.45, 2.75) is 7.43 Å². The standard InChI is InChI=1S/C17H10BrN3.C11H9NO.C7H6BrNO.CH4.K.H2O/c18-14-7-5-12(6-8-14)17-20-10-13-4-3-11-2-1-9-19-15(11)16(13)21-17;12-11-9(7-13)6-5-8-3-1-2-4-10(8)11;8-6-3-1-5(2-4-6)7(9)10;;;/h1-10H;1-7H,12H2;1-4H,(H2,9,10);1H4;;1H2/q;;;;+1;/p-1. The molecule has 0 atom stereocenters. The number of pyridine rings is 1. The molecular formula is C36H30Br2KN5O3. The van der Waals surface area contributed by atoms with Crippen LogP contribution in [-0.2, 0) is 0 Å². The second-order valence-electron chi connectivity index (χ2n) is 9.56. The van der Waals surface area contributed by atoms with Gasteiger partial charge in [-0.25, -0.2) is 9.97 Å². The first-order valence-electron chi connectivity index (χ1n) is 13.4. The third kappa shape index (κ3) is 10.1. The van der Waals surface area contributed by atoms with Crippen molar-refractivity contribution >= 4 is 82.3 Å². The minimum atomic E-state index is -0.396. The smallest absolute Gasteiger partial charge is 0.870 e. The number of nitrogen functional groups attached to an aromatic ring is 1. The maximum absolute atomic E-state index is 10.6. The second kappa shape index (κ2) is 18.8. The average Bonchev–Trinajstić information content (AvgIpc) is 3.06. The van der Waals surface area contributed by atoms with Gasteiger partial charge in [-0.1, -0.05) is 100.0 Å². The molecule has 0 saturated carbocycles. The van der Waals surface area contributed by atoms with Crippen LogP contribution < -0.4 is 62.9 Å². The van der Waals surface area contributed by atoms with Crippen LogP contribution in [0.15, 0.2) is 131 Å². The van der Waals surface area contributed by atoms with Crippen molar-refractivity contribution in [3.63, 3.8) is 0 Å². The van der Waals surface area contributed by atoms with Gasteiger partial charge in [0, 0.05) is 59.9 Å². The van der Waals surface area contributed by atoms with Gasteiger partial charge in [0.2, 0.25) is 5.91 Å². The van der Waals surface area contributed by atoms with Crippen molar-refractivity contribution in [1.82, 2.24) is 15.0 Å². The molecule has 8 nitrogen and oxygen atoms in total. The van der Waals surface area contributed by atoms with E-state index >= 15 is 0 Å². The number of aldehydes is 1. The van der Waals surface area contributed by atoms with Crippen LogP contribution in [0.25, 0.3) is 44.0 Å². The molecular weight excluding hydrogens is 749 g/mol. The molecule has 0 aliphatic carbocycles. The number of hydrogen-bond acceptors (Lipinski definition) is 7. The summed E-state index contributed by atoms with van der Waals surface area (Å²) in [6.45, 7) is 0. The number of hydrogen-bond donors (Lipinski definition) is 2. The number of benzene rings is 5. The van der Waals surface area contributed by atoms with E-state index in [0.717, 1.165) is 53.4 Å². The fourth-order valence-electron chi connectivity index (χ4n) is 4.40. The van der Waals surface area contributed by atoms with Gasteiger partial charge in [-0.3, -0.25) is 14.6 Å². The first-order chi connectivity index (χ1) is 21.3. The SMILES string of the molecule is Brc1ccc(-c2ncc3ccc4cccnc4c3n2)cc1.C.NC(=O)c1ccc(Br)cc1.Nc1c(C=O)ccc2ccccc12.[K+].[OH-]. The minimum absolute atomic E-state index is 0. The van der Waals surface area contributed by atoms with Crippen LogP contribution in [0, 0.1) is 0 Å². The van der Waals surface area contributed by atoms with Gasteiger partial charge in [0.1, 0.15) is 5.52 Å². The number of carbonyl (C=O) groups is 2. The molecule has 2 heterocycles. The molecule has 0 fully saturated rings. The fraction of sp³-hybridized carbons (Fsp3) is 0.0278. The van der Waals surface area contributed by atoms with Crippen molar-refractivity contribution < 1.29 is 66.4 Å². The van der Waals surface area contributed by atoms with Crippen molar-refractivity contribution in [3.05, 3.63) is 142 Å². The van der Waals surface area contributed by atoms with E-state index in [1.54, 1.807) is 36.5 Å². The van der Waals surface area contributed by atoms with E-state index in [-0.39, 0.29) is 64.3 Å². The summed E-state index contributed by atoms with van der Waals surface area (Å²) in [5.41, 5.74) is 15.3. The Balaban J connectivity index is 0.000000257. The van der Waals surface area contributed by atoms with Gasteiger partial charge in [0.15, 0.2) is 12.1 Å². The van der Waals surface area contributed by atoms with Crippen LogP contribution in [-0.4, -0.2) is 32.6 Å². The summed E-state index contributed by atoms with van der Waals surface area (Å²) in [4.78, 5) is 34.7. The van der Waals surface area contributed by atoms with Crippen LogP contribution >= 0.6 is 31.9 Å². The van der Waals surface area contributed by atoms with Crippen molar-refractivity contribution in [3.8, 4) is 11.4 Å². The molecule has 5 N–H and O–H groups in total. The summed E-state index contributed by atoms with van der Waals surface area (Å²) in [7, 11) is 0. The number of halogens is 2. The summed E-state index contributed by atoms with van der Waals surface area (Å²) in [5, 5.41) is 4.09. The molecule has 11 heteroatoms. The van der Waals surface area contributed by atoms with Crippen LogP contribution in [0.5, 0.6) is 0 Å². The van der Waals surface area contributed by atoms with Gasteiger partial charge in [0.05, 0.1) is 5.52 Å². The van der Waals surface area contributed by atoms with Crippen LogP contribution in [0.2, 0.25) is 0 Å². The van der Waals surface area contributed by atoms with Gasteiger partial charge in [-0.2, -0.15) is 0 Å². The van der Waals surface area contributed by atoms with E-state index in [4.69, 9.17) is 16.5 Å². The number of nitrogens with two attached hydrogens (primary N) is 2. The predicted octanol–water partition coefficient (Wildman–Crippen LogP) is 5.85. The number of primary amides is 1. The Hall–Kier alpha value is -3.39.